The molecule has 8 nitrogen and oxygen atoms in total. The Labute approximate surface area is 194 Å². The number of nitrogens with zero attached hydrogens (tertiary/aromatic N) is 1. The molecule has 0 saturated heterocycles. The highest BCUT2D eigenvalue weighted by Crippen LogP contribution is 2.28. The molecule has 4 aromatic rings. The maximum Gasteiger partial charge on any atom is 0.265 e. The number of aromatic nitrogens is 2. The van der Waals surface area contributed by atoms with E-state index in [0.29, 0.717) is 39.0 Å². The molecular formula is C24H23N3O5S. The van der Waals surface area contributed by atoms with Crippen LogP contribution in [0.4, 0.5) is 5.69 Å². The van der Waals surface area contributed by atoms with Crippen molar-refractivity contribution in [2.75, 3.05) is 18.5 Å². The summed E-state index contributed by atoms with van der Waals surface area (Å²) in [4.78, 5) is 20.6. The molecule has 1 amide bonds. The molecule has 0 aliphatic carbocycles. The van der Waals surface area contributed by atoms with Gasteiger partial charge in [0.2, 0.25) is 0 Å². The van der Waals surface area contributed by atoms with E-state index in [0.717, 1.165) is 5.56 Å². The minimum atomic E-state index is -1.14. The smallest absolute Gasteiger partial charge is 0.265 e. The Morgan fingerprint density at radius 2 is 2.06 bits per heavy atom. The zero-order valence-electron chi connectivity index (χ0n) is 17.8. The van der Waals surface area contributed by atoms with E-state index < -0.39 is 6.29 Å². The van der Waals surface area contributed by atoms with E-state index in [1.165, 1.54) is 11.3 Å². The number of aliphatic hydroxyl groups excluding tert-OH is 2. The van der Waals surface area contributed by atoms with Crippen molar-refractivity contribution in [3.8, 4) is 22.9 Å². The van der Waals surface area contributed by atoms with Gasteiger partial charge in [-0.3, -0.25) is 9.78 Å². The van der Waals surface area contributed by atoms with Crippen LogP contribution < -0.4 is 10.1 Å². The fourth-order valence-corrected chi connectivity index (χ4v) is 3.97. The number of hydrogen-bond acceptors (Lipinski definition) is 7. The number of rotatable bonds is 9. The Morgan fingerprint density at radius 3 is 2.85 bits per heavy atom. The van der Waals surface area contributed by atoms with E-state index in [4.69, 9.17) is 14.6 Å². The van der Waals surface area contributed by atoms with Crippen molar-refractivity contribution in [2.45, 2.75) is 13.2 Å². The Morgan fingerprint density at radius 1 is 1.21 bits per heavy atom. The number of aryl methyl sites for hydroxylation is 1. The first-order valence-corrected chi connectivity index (χ1v) is 11.1. The van der Waals surface area contributed by atoms with E-state index in [2.05, 4.69) is 15.3 Å². The molecule has 0 spiro atoms. The number of anilines is 1. The van der Waals surface area contributed by atoms with Gasteiger partial charge < -0.3 is 30.0 Å². The van der Waals surface area contributed by atoms with E-state index in [9.17, 15) is 9.90 Å². The van der Waals surface area contributed by atoms with Gasteiger partial charge >= 0.3 is 0 Å². The van der Waals surface area contributed by atoms with Gasteiger partial charge in [-0.2, -0.15) is 0 Å². The number of aromatic amines is 1. The van der Waals surface area contributed by atoms with Crippen LogP contribution in [0, 0.1) is 6.92 Å². The minimum Gasteiger partial charge on any atom is -0.457 e. The van der Waals surface area contributed by atoms with Gasteiger partial charge in [0.1, 0.15) is 11.5 Å². The number of aliphatic hydroxyl groups is 2. The highest BCUT2D eigenvalue weighted by atomic mass is 32.1. The van der Waals surface area contributed by atoms with Crippen LogP contribution in [0.25, 0.3) is 11.4 Å². The number of nitrogens with one attached hydrogen (secondary N) is 2. The van der Waals surface area contributed by atoms with Crippen LogP contribution in [0.2, 0.25) is 0 Å². The topological polar surface area (TPSA) is 117 Å². The number of benzene rings is 1. The van der Waals surface area contributed by atoms with Crippen LogP contribution in [0.3, 0.4) is 0 Å². The van der Waals surface area contributed by atoms with Gasteiger partial charge in [-0.25, -0.2) is 0 Å². The normalized spacial score (nSPS) is 11.8. The predicted molar refractivity (Wildman–Crippen MR) is 126 cm³/mol. The van der Waals surface area contributed by atoms with Crippen LogP contribution in [-0.4, -0.2) is 39.3 Å². The Kier molecular flexibility index (Phi) is 7.16. The van der Waals surface area contributed by atoms with Crippen molar-refractivity contribution in [2.24, 2.45) is 0 Å². The third-order valence-electron chi connectivity index (χ3n) is 4.76. The summed E-state index contributed by atoms with van der Waals surface area (Å²) in [6.45, 7) is 1.77. The summed E-state index contributed by atoms with van der Waals surface area (Å²) in [5.74, 6) is 0.970. The average molecular weight is 466 g/mol. The molecule has 1 aromatic carbocycles. The second-order valence-corrected chi connectivity index (χ2v) is 8.10. The molecule has 33 heavy (non-hydrogen) atoms. The van der Waals surface area contributed by atoms with Crippen molar-refractivity contribution in [1.29, 1.82) is 0 Å². The molecule has 1 unspecified atom stereocenters. The largest absolute Gasteiger partial charge is 0.457 e. The molecule has 4 N–H and O–H groups in total. The maximum atomic E-state index is 12.5. The van der Waals surface area contributed by atoms with Crippen LogP contribution in [0.1, 0.15) is 27.1 Å². The number of ether oxygens (including phenoxy) is 2. The minimum absolute atomic E-state index is 0.0374. The average Bonchev–Trinajstić information content (AvgIpc) is 3.47. The molecule has 0 bridgehead atoms. The molecule has 170 valence electrons. The summed E-state index contributed by atoms with van der Waals surface area (Å²) < 4.78 is 11.1. The number of amides is 1. The van der Waals surface area contributed by atoms with Crippen molar-refractivity contribution < 1.29 is 24.5 Å². The van der Waals surface area contributed by atoms with Crippen LogP contribution in [-0.2, 0) is 4.74 Å². The van der Waals surface area contributed by atoms with Crippen molar-refractivity contribution in [3.05, 3.63) is 82.3 Å². The van der Waals surface area contributed by atoms with Gasteiger partial charge in [-0.1, -0.05) is 6.07 Å². The van der Waals surface area contributed by atoms with Gasteiger partial charge in [0, 0.05) is 35.8 Å². The Hall–Kier alpha value is -3.50. The lowest BCUT2D eigenvalue weighted by Crippen LogP contribution is -2.11. The van der Waals surface area contributed by atoms with Gasteiger partial charge in [-0.15, -0.1) is 11.3 Å². The second kappa shape index (κ2) is 10.4. The number of hydrogen-bond donors (Lipinski definition) is 4. The van der Waals surface area contributed by atoms with Gasteiger partial charge in [-0.05, 0) is 48.2 Å². The molecule has 0 aliphatic heterocycles. The van der Waals surface area contributed by atoms with E-state index >= 15 is 0 Å². The third-order valence-corrected chi connectivity index (χ3v) is 5.78. The lowest BCUT2D eigenvalue weighted by Gasteiger charge is -2.10. The summed E-state index contributed by atoms with van der Waals surface area (Å²) in [5.41, 5.74) is 3.38. The SMILES string of the molecule is Cc1ccsc1C(=O)Nc1cccc(Oc2ccnc(-c3cc(C(O)OCCO)c[nH]3)c2)c1. The molecule has 3 heterocycles. The molecule has 0 aliphatic rings. The third kappa shape index (κ3) is 5.65. The quantitative estimate of drug-likeness (QED) is 0.271. The van der Waals surface area contributed by atoms with Crippen LogP contribution >= 0.6 is 11.3 Å². The standard InChI is InChI=1S/C24H23N3O5S/c1-15-6-10-33-22(15)23(29)27-17-3-2-4-18(12-17)32-19-5-7-25-21(13-19)20-11-16(14-26-20)24(30)31-9-8-28/h2-7,10-14,24,26,28,30H,8-9H2,1H3,(H,27,29). The summed E-state index contributed by atoms with van der Waals surface area (Å²) in [5, 5.41) is 23.6. The van der Waals surface area contributed by atoms with E-state index in [1.807, 2.05) is 18.4 Å². The zero-order chi connectivity index (χ0) is 23.2. The maximum absolute atomic E-state index is 12.5. The zero-order valence-corrected chi connectivity index (χ0v) is 18.6. The van der Waals surface area contributed by atoms with Crippen LogP contribution in [0.15, 0.2) is 66.3 Å². The Bertz CT molecular complexity index is 1240. The number of H-pyrrole nitrogens is 1. The highest BCUT2D eigenvalue weighted by molar-refractivity contribution is 7.12. The number of carbonyl (C=O) groups is 1. The van der Waals surface area contributed by atoms with E-state index in [-0.39, 0.29) is 19.1 Å². The van der Waals surface area contributed by atoms with Crippen LogP contribution in [0.5, 0.6) is 11.5 Å². The number of thiophene rings is 1. The first kappa shape index (κ1) is 22.7. The first-order valence-electron chi connectivity index (χ1n) is 10.2. The predicted octanol–water partition coefficient (Wildman–Crippen LogP) is 4.49. The molecule has 0 saturated carbocycles. The number of carbonyl (C=O) groups excluding carboxylic acids is 1. The summed E-state index contributed by atoms with van der Waals surface area (Å²) in [7, 11) is 0. The van der Waals surface area contributed by atoms with Crippen molar-refractivity contribution in [1.82, 2.24) is 9.97 Å². The molecular weight excluding hydrogens is 442 g/mol. The molecule has 0 radical (unpaired) electrons. The van der Waals surface area contributed by atoms with E-state index in [1.54, 1.807) is 54.9 Å². The second-order valence-electron chi connectivity index (χ2n) is 7.19. The molecule has 1 atom stereocenters. The fraction of sp³-hybridized carbons (Fsp3) is 0.167. The molecule has 9 heteroatoms. The monoisotopic (exact) mass is 465 g/mol. The molecule has 0 fully saturated rings. The van der Waals surface area contributed by atoms with Gasteiger partial charge in [0.05, 0.1) is 29.5 Å². The lowest BCUT2D eigenvalue weighted by atomic mass is 10.2. The summed E-state index contributed by atoms with van der Waals surface area (Å²) in [6, 6.07) is 14.3. The van der Waals surface area contributed by atoms with Gasteiger partial charge in [0.25, 0.3) is 5.91 Å². The summed E-state index contributed by atoms with van der Waals surface area (Å²) >= 11 is 1.40. The summed E-state index contributed by atoms with van der Waals surface area (Å²) in [6.07, 6.45) is 2.10. The lowest BCUT2D eigenvalue weighted by molar-refractivity contribution is -0.110. The number of pyridine rings is 1. The first-order chi connectivity index (χ1) is 16.0. The van der Waals surface area contributed by atoms with Gasteiger partial charge in [0.15, 0.2) is 6.29 Å². The van der Waals surface area contributed by atoms with Crippen molar-refractivity contribution >= 4 is 22.9 Å². The van der Waals surface area contributed by atoms with Crippen molar-refractivity contribution in [3.63, 3.8) is 0 Å². The highest BCUT2D eigenvalue weighted by Gasteiger charge is 2.13. The fourth-order valence-electron chi connectivity index (χ4n) is 3.15. The Balaban J connectivity index is 1.46. The molecule has 4 rings (SSSR count). The molecule has 3 aromatic heterocycles.